The third-order valence-corrected chi connectivity index (χ3v) is 3.41. The summed E-state index contributed by atoms with van der Waals surface area (Å²) in [6.07, 6.45) is 3.71. The second-order valence-electron chi connectivity index (χ2n) is 5.05. The van der Waals surface area contributed by atoms with Crippen LogP contribution in [-0.2, 0) is 0 Å². The molecule has 0 spiro atoms. The molecule has 1 aromatic heterocycles. The summed E-state index contributed by atoms with van der Waals surface area (Å²) in [5.41, 5.74) is 0.381. The first-order valence-electron chi connectivity index (χ1n) is 7.11. The number of aromatic nitrogens is 2. The summed E-state index contributed by atoms with van der Waals surface area (Å²) in [5.74, 6) is 0.801. The van der Waals surface area contributed by atoms with Crippen molar-refractivity contribution >= 4 is 23.4 Å². The summed E-state index contributed by atoms with van der Waals surface area (Å²) in [4.78, 5) is 22.3. The van der Waals surface area contributed by atoms with Gasteiger partial charge in [-0.1, -0.05) is 6.07 Å². The average molecular weight is 301 g/mol. The Labute approximate surface area is 127 Å². The lowest BCUT2D eigenvalue weighted by atomic mass is 10.3. The number of halogens is 1. The highest BCUT2D eigenvalue weighted by Crippen LogP contribution is 2.19. The number of rotatable bonds is 3. The zero-order valence-corrected chi connectivity index (χ0v) is 11.9. The molecule has 1 fully saturated rings. The maximum Gasteiger partial charge on any atom is 0.324 e. The van der Waals surface area contributed by atoms with Gasteiger partial charge in [0, 0.05) is 24.8 Å². The van der Waals surface area contributed by atoms with Gasteiger partial charge in [0.2, 0.25) is 0 Å². The molecule has 2 heterocycles. The maximum absolute atomic E-state index is 13.1. The van der Waals surface area contributed by atoms with Crippen LogP contribution >= 0.6 is 0 Å². The molecule has 1 saturated heterocycles. The minimum absolute atomic E-state index is 0.381. The molecule has 0 atom stereocenters. The van der Waals surface area contributed by atoms with Gasteiger partial charge in [-0.15, -0.1) is 0 Å². The first-order valence-corrected chi connectivity index (χ1v) is 7.11. The second-order valence-corrected chi connectivity index (χ2v) is 5.05. The molecule has 1 aromatic carbocycles. The molecule has 0 saturated carbocycles. The number of nitrogens with one attached hydrogen (secondary N) is 2. The number of hydrogen-bond donors (Lipinski definition) is 2. The van der Waals surface area contributed by atoms with Crippen LogP contribution < -0.4 is 15.5 Å². The Morgan fingerprint density at radius 3 is 2.73 bits per heavy atom. The van der Waals surface area contributed by atoms with Crippen LogP contribution in [0.4, 0.5) is 26.5 Å². The fourth-order valence-electron chi connectivity index (χ4n) is 2.38. The van der Waals surface area contributed by atoms with Crippen molar-refractivity contribution < 1.29 is 9.18 Å². The summed E-state index contributed by atoms with van der Waals surface area (Å²) in [6.45, 7) is 1.93. The topological polar surface area (TPSA) is 70.2 Å². The molecule has 0 aliphatic carbocycles. The second kappa shape index (κ2) is 6.38. The smallest absolute Gasteiger partial charge is 0.324 e. The van der Waals surface area contributed by atoms with E-state index in [1.54, 1.807) is 12.1 Å². The van der Waals surface area contributed by atoms with Gasteiger partial charge in [0.15, 0.2) is 0 Å². The number of benzene rings is 1. The summed E-state index contributed by atoms with van der Waals surface area (Å²) < 4.78 is 13.1. The molecule has 3 rings (SSSR count). The van der Waals surface area contributed by atoms with E-state index in [4.69, 9.17) is 0 Å². The summed E-state index contributed by atoms with van der Waals surface area (Å²) in [6, 6.07) is 6.96. The largest absolute Gasteiger partial charge is 0.356 e. The minimum Gasteiger partial charge on any atom is -0.356 e. The van der Waals surface area contributed by atoms with Crippen LogP contribution in [-0.4, -0.2) is 29.1 Å². The number of nitrogens with zero attached hydrogens (tertiary/aromatic N) is 3. The van der Waals surface area contributed by atoms with Gasteiger partial charge in [-0.05, 0) is 31.0 Å². The molecule has 1 aliphatic rings. The maximum atomic E-state index is 13.1. The van der Waals surface area contributed by atoms with E-state index in [2.05, 4.69) is 25.5 Å². The molecule has 1 aliphatic heterocycles. The van der Waals surface area contributed by atoms with Crippen molar-refractivity contribution in [2.24, 2.45) is 0 Å². The molecule has 0 unspecified atom stereocenters. The standard InChI is InChI=1S/C15H16FN5O/c16-11-4-3-5-12(8-11)19-15(22)20-13-9-14(18-10-17-13)21-6-1-2-7-21/h3-5,8-10H,1-2,6-7H2,(H2,17,18,19,20,22). The van der Waals surface area contributed by atoms with Gasteiger partial charge in [-0.2, -0.15) is 0 Å². The molecular weight excluding hydrogens is 285 g/mol. The van der Waals surface area contributed by atoms with Gasteiger partial charge in [0.1, 0.15) is 23.8 Å². The highest BCUT2D eigenvalue weighted by Gasteiger charge is 2.14. The van der Waals surface area contributed by atoms with Crippen molar-refractivity contribution in [1.29, 1.82) is 0 Å². The van der Waals surface area contributed by atoms with Gasteiger partial charge in [0.05, 0.1) is 0 Å². The van der Waals surface area contributed by atoms with E-state index in [0.717, 1.165) is 31.7 Å². The zero-order chi connectivity index (χ0) is 15.4. The lowest BCUT2D eigenvalue weighted by molar-refractivity contribution is 0.262. The molecule has 0 bridgehead atoms. The Balaban J connectivity index is 1.65. The molecule has 6 nitrogen and oxygen atoms in total. The predicted molar refractivity (Wildman–Crippen MR) is 82.5 cm³/mol. The summed E-state index contributed by atoms with van der Waals surface area (Å²) in [7, 11) is 0. The molecular formula is C15H16FN5O. The van der Waals surface area contributed by atoms with E-state index in [0.29, 0.717) is 11.5 Å². The first-order chi connectivity index (χ1) is 10.7. The SMILES string of the molecule is O=C(Nc1cccc(F)c1)Nc1cc(N2CCCC2)ncn1. The Bertz CT molecular complexity index is 672. The van der Waals surface area contributed by atoms with E-state index in [9.17, 15) is 9.18 Å². The number of amides is 2. The predicted octanol–water partition coefficient (Wildman–Crippen LogP) is 2.86. The Kier molecular flexibility index (Phi) is 4.13. The molecule has 114 valence electrons. The first kappa shape index (κ1) is 14.2. The Morgan fingerprint density at radius 2 is 1.95 bits per heavy atom. The van der Waals surface area contributed by atoms with Crippen molar-refractivity contribution in [3.05, 3.63) is 42.5 Å². The Morgan fingerprint density at radius 1 is 1.14 bits per heavy atom. The van der Waals surface area contributed by atoms with Crippen LogP contribution in [0, 0.1) is 5.82 Å². The monoisotopic (exact) mass is 301 g/mol. The Hall–Kier alpha value is -2.70. The fourth-order valence-corrected chi connectivity index (χ4v) is 2.38. The lowest BCUT2D eigenvalue weighted by Crippen LogP contribution is -2.22. The van der Waals surface area contributed by atoms with Crippen LogP contribution in [0.25, 0.3) is 0 Å². The van der Waals surface area contributed by atoms with Gasteiger partial charge in [-0.3, -0.25) is 5.32 Å². The zero-order valence-electron chi connectivity index (χ0n) is 11.9. The van der Waals surface area contributed by atoms with Crippen molar-refractivity contribution in [2.45, 2.75) is 12.8 Å². The van der Waals surface area contributed by atoms with Crippen LogP contribution in [0.3, 0.4) is 0 Å². The van der Waals surface area contributed by atoms with Gasteiger partial charge in [0.25, 0.3) is 0 Å². The number of carbonyl (C=O) groups is 1. The van der Waals surface area contributed by atoms with E-state index in [1.807, 2.05) is 0 Å². The van der Waals surface area contributed by atoms with E-state index < -0.39 is 11.8 Å². The normalized spacial score (nSPS) is 14.0. The van der Waals surface area contributed by atoms with Crippen LogP contribution in [0.5, 0.6) is 0 Å². The number of carbonyl (C=O) groups excluding carboxylic acids is 1. The van der Waals surface area contributed by atoms with Crippen LogP contribution in [0.2, 0.25) is 0 Å². The number of hydrogen-bond acceptors (Lipinski definition) is 4. The molecule has 2 aromatic rings. The van der Waals surface area contributed by atoms with Gasteiger partial charge < -0.3 is 10.2 Å². The highest BCUT2D eigenvalue weighted by molar-refractivity contribution is 5.99. The van der Waals surface area contributed by atoms with Crippen molar-refractivity contribution in [2.75, 3.05) is 28.6 Å². The highest BCUT2D eigenvalue weighted by atomic mass is 19.1. The number of urea groups is 1. The molecule has 2 N–H and O–H groups in total. The van der Waals surface area contributed by atoms with E-state index in [-0.39, 0.29) is 0 Å². The lowest BCUT2D eigenvalue weighted by Gasteiger charge is -2.16. The third-order valence-electron chi connectivity index (χ3n) is 3.41. The summed E-state index contributed by atoms with van der Waals surface area (Å²) >= 11 is 0. The van der Waals surface area contributed by atoms with Crippen molar-refractivity contribution in [3.8, 4) is 0 Å². The van der Waals surface area contributed by atoms with Crippen molar-refractivity contribution in [3.63, 3.8) is 0 Å². The molecule has 22 heavy (non-hydrogen) atoms. The average Bonchev–Trinajstić information content (AvgIpc) is 3.01. The molecule has 0 radical (unpaired) electrons. The van der Waals surface area contributed by atoms with Crippen molar-refractivity contribution in [1.82, 2.24) is 9.97 Å². The minimum atomic E-state index is -0.475. The summed E-state index contributed by atoms with van der Waals surface area (Å²) in [5, 5.41) is 5.18. The third kappa shape index (κ3) is 3.49. The fraction of sp³-hybridized carbons (Fsp3) is 0.267. The quantitative estimate of drug-likeness (QED) is 0.914. The van der Waals surface area contributed by atoms with Crippen LogP contribution in [0.15, 0.2) is 36.7 Å². The van der Waals surface area contributed by atoms with E-state index in [1.165, 1.54) is 24.5 Å². The van der Waals surface area contributed by atoms with Crippen LogP contribution in [0.1, 0.15) is 12.8 Å². The van der Waals surface area contributed by atoms with Gasteiger partial charge in [-0.25, -0.2) is 19.2 Å². The van der Waals surface area contributed by atoms with E-state index >= 15 is 0 Å². The molecule has 7 heteroatoms. The van der Waals surface area contributed by atoms with Gasteiger partial charge >= 0.3 is 6.03 Å². The number of anilines is 3. The molecule has 2 amide bonds.